The zero-order valence-electron chi connectivity index (χ0n) is 19.5. The van der Waals surface area contributed by atoms with Gasteiger partial charge in [-0.1, -0.05) is 12.7 Å². The minimum absolute atomic E-state index is 0.00130. The van der Waals surface area contributed by atoms with Crippen molar-refractivity contribution in [2.24, 2.45) is 0 Å². The molecular formula is C26H30N6O2. The van der Waals surface area contributed by atoms with Crippen molar-refractivity contribution in [1.29, 1.82) is 0 Å². The number of fused-ring (bicyclic) bond motifs is 2. The summed E-state index contributed by atoms with van der Waals surface area (Å²) in [5, 5.41) is 13.9. The lowest BCUT2D eigenvalue weighted by molar-refractivity contribution is 0.0749. The fourth-order valence-corrected chi connectivity index (χ4v) is 4.91. The molecule has 0 saturated carbocycles. The number of aromatic nitrogens is 3. The number of hydrogen-bond acceptors (Lipinski definition) is 6. The molecule has 0 bridgehead atoms. The Hall–Kier alpha value is -3.65. The summed E-state index contributed by atoms with van der Waals surface area (Å²) < 4.78 is 0. The van der Waals surface area contributed by atoms with Crippen molar-refractivity contribution in [3.63, 3.8) is 0 Å². The summed E-state index contributed by atoms with van der Waals surface area (Å²) in [6.07, 6.45) is 7.16. The van der Waals surface area contributed by atoms with Crippen molar-refractivity contribution < 1.29 is 9.90 Å². The number of imidazole rings is 1. The Morgan fingerprint density at radius 2 is 2.09 bits per heavy atom. The zero-order valence-corrected chi connectivity index (χ0v) is 19.5. The lowest BCUT2D eigenvalue weighted by atomic mass is 10.0. The highest BCUT2D eigenvalue weighted by molar-refractivity contribution is 6.11. The van der Waals surface area contributed by atoms with Crippen LogP contribution in [0.2, 0.25) is 0 Å². The van der Waals surface area contributed by atoms with E-state index in [9.17, 15) is 9.90 Å². The van der Waals surface area contributed by atoms with Crippen LogP contribution in [0.1, 0.15) is 41.6 Å². The number of aromatic hydroxyl groups is 1. The minimum Gasteiger partial charge on any atom is -0.493 e. The maximum Gasteiger partial charge on any atom is 0.259 e. The molecule has 2 aliphatic rings. The average molecular weight is 459 g/mol. The lowest BCUT2D eigenvalue weighted by Crippen LogP contribution is -2.43. The van der Waals surface area contributed by atoms with Crippen molar-refractivity contribution in [1.82, 2.24) is 24.8 Å². The van der Waals surface area contributed by atoms with Gasteiger partial charge in [0.1, 0.15) is 11.4 Å². The van der Waals surface area contributed by atoms with E-state index in [1.807, 2.05) is 29.2 Å². The van der Waals surface area contributed by atoms with Crippen LogP contribution in [0, 0.1) is 0 Å². The number of anilines is 1. The molecule has 2 aromatic heterocycles. The summed E-state index contributed by atoms with van der Waals surface area (Å²) in [6, 6.07) is 5.77. The quantitative estimate of drug-likeness (QED) is 0.362. The predicted molar refractivity (Wildman–Crippen MR) is 135 cm³/mol. The fourth-order valence-electron chi connectivity index (χ4n) is 4.91. The summed E-state index contributed by atoms with van der Waals surface area (Å²) in [5.41, 5.74) is 4.93. The van der Waals surface area contributed by atoms with Crippen molar-refractivity contribution in [2.75, 3.05) is 32.0 Å². The first-order chi connectivity index (χ1) is 16.5. The van der Waals surface area contributed by atoms with E-state index in [1.54, 1.807) is 6.20 Å². The third-order valence-electron chi connectivity index (χ3n) is 6.79. The number of rotatable bonds is 7. The molecule has 1 saturated heterocycles. The Labute approximate surface area is 199 Å². The fraction of sp³-hybridized carbons (Fsp3) is 0.346. The van der Waals surface area contributed by atoms with Gasteiger partial charge in [-0.15, -0.1) is 6.58 Å². The molecule has 8 nitrogen and oxygen atoms in total. The van der Waals surface area contributed by atoms with E-state index < -0.39 is 0 Å². The molecule has 4 heterocycles. The molecule has 0 unspecified atom stereocenters. The van der Waals surface area contributed by atoms with Crippen LogP contribution < -0.4 is 5.32 Å². The highest BCUT2D eigenvalue weighted by atomic mass is 16.3. The number of H-pyrrole nitrogens is 1. The number of allylic oxidation sites excluding steroid dienone is 1. The van der Waals surface area contributed by atoms with Gasteiger partial charge in [0.2, 0.25) is 5.88 Å². The van der Waals surface area contributed by atoms with E-state index in [0.717, 1.165) is 67.8 Å². The van der Waals surface area contributed by atoms with Crippen LogP contribution in [0.15, 0.2) is 43.6 Å². The number of benzene rings is 1. The van der Waals surface area contributed by atoms with E-state index in [0.29, 0.717) is 22.5 Å². The standard InChI is InChI=1S/C26H30N6O2/c1-4-5-6-10-27-20-7-11-28-25(33)23(20)24-29-21-14-18-16(2)32(17-8-12-31(3)13-9-17)26(34)19(18)15-22(21)30-24/h4,7,11,14-15,17H,1-2,5-6,8-10,12-13H2,3H3,(H,29,30)(H2,27,28,33). The molecule has 0 radical (unpaired) electrons. The first-order valence-corrected chi connectivity index (χ1v) is 11.8. The number of nitrogens with one attached hydrogen (secondary N) is 2. The van der Waals surface area contributed by atoms with Gasteiger partial charge in [0.05, 0.1) is 22.3 Å². The van der Waals surface area contributed by atoms with Crippen molar-refractivity contribution in [2.45, 2.75) is 31.7 Å². The highest BCUT2D eigenvalue weighted by Crippen LogP contribution is 2.39. The first kappa shape index (κ1) is 22.2. The van der Waals surface area contributed by atoms with E-state index >= 15 is 0 Å². The van der Waals surface area contributed by atoms with Gasteiger partial charge in [-0.3, -0.25) is 4.79 Å². The van der Waals surface area contributed by atoms with Crippen molar-refractivity contribution >= 4 is 28.3 Å². The number of aromatic amines is 1. The molecule has 176 valence electrons. The van der Waals surface area contributed by atoms with E-state index in [4.69, 9.17) is 4.98 Å². The number of piperidine rings is 1. The highest BCUT2D eigenvalue weighted by Gasteiger charge is 2.37. The van der Waals surface area contributed by atoms with Crippen LogP contribution in [0.5, 0.6) is 5.88 Å². The Balaban J connectivity index is 1.46. The van der Waals surface area contributed by atoms with Gasteiger partial charge in [0.15, 0.2) is 0 Å². The molecule has 1 aromatic carbocycles. The summed E-state index contributed by atoms with van der Waals surface area (Å²) in [4.78, 5) is 29.6. The molecule has 0 aliphatic carbocycles. The van der Waals surface area contributed by atoms with Gasteiger partial charge in [-0.25, -0.2) is 9.97 Å². The van der Waals surface area contributed by atoms with Gasteiger partial charge in [0, 0.05) is 30.0 Å². The SMILES string of the molecule is C=CCCCNc1ccnc(O)c1-c1nc2cc3c(cc2[nH]1)C(=O)N(C1CCN(C)CC1)C3=C. The maximum atomic E-state index is 13.3. The second-order valence-corrected chi connectivity index (χ2v) is 9.07. The molecule has 3 aromatic rings. The number of nitrogens with zero attached hydrogens (tertiary/aromatic N) is 4. The Morgan fingerprint density at radius 3 is 2.85 bits per heavy atom. The molecule has 0 spiro atoms. The average Bonchev–Trinajstić information content (AvgIpc) is 3.34. The number of carbonyl (C=O) groups excluding carboxylic acids is 1. The largest absolute Gasteiger partial charge is 0.493 e. The molecule has 5 rings (SSSR count). The third kappa shape index (κ3) is 3.84. The first-order valence-electron chi connectivity index (χ1n) is 11.8. The van der Waals surface area contributed by atoms with Crippen LogP contribution >= 0.6 is 0 Å². The summed E-state index contributed by atoms with van der Waals surface area (Å²) in [7, 11) is 2.11. The molecule has 2 aliphatic heterocycles. The van der Waals surface area contributed by atoms with Crippen LogP contribution in [0.25, 0.3) is 28.1 Å². The predicted octanol–water partition coefficient (Wildman–Crippen LogP) is 4.23. The normalized spacial score (nSPS) is 16.9. The number of pyridine rings is 1. The minimum atomic E-state index is -0.103. The number of hydrogen-bond donors (Lipinski definition) is 3. The Bertz CT molecular complexity index is 1220. The van der Waals surface area contributed by atoms with Gasteiger partial charge >= 0.3 is 0 Å². The lowest BCUT2D eigenvalue weighted by Gasteiger charge is -2.35. The van der Waals surface area contributed by atoms with Crippen LogP contribution in [0.3, 0.4) is 0 Å². The molecule has 8 heteroatoms. The zero-order chi connectivity index (χ0) is 23.8. The van der Waals surface area contributed by atoms with E-state index in [2.05, 4.69) is 40.4 Å². The number of amides is 1. The summed E-state index contributed by atoms with van der Waals surface area (Å²) in [6.45, 7) is 10.7. The van der Waals surface area contributed by atoms with E-state index in [-0.39, 0.29) is 17.8 Å². The Morgan fingerprint density at radius 1 is 1.29 bits per heavy atom. The Kier molecular flexibility index (Phi) is 5.83. The molecule has 1 fully saturated rings. The summed E-state index contributed by atoms with van der Waals surface area (Å²) in [5.74, 6) is 0.399. The van der Waals surface area contributed by atoms with Crippen molar-refractivity contribution in [3.8, 4) is 17.3 Å². The smallest absolute Gasteiger partial charge is 0.259 e. The van der Waals surface area contributed by atoms with Crippen LogP contribution in [-0.4, -0.2) is 68.5 Å². The van der Waals surface area contributed by atoms with Gasteiger partial charge in [0.25, 0.3) is 5.91 Å². The van der Waals surface area contributed by atoms with Crippen LogP contribution in [-0.2, 0) is 0 Å². The molecular weight excluding hydrogens is 428 g/mol. The van der Waals surface area contributed by atoms with Gasteiger partial charge in [-0.2, -0.15) is 0 Å². The topological polar surface area (TPSA) is 97.4 Å². The van der Waals surface area contributed by atoms with Crippen LogP contribution in [0.4, 0.5) is 5.69 Å². The van der Waals surface area contributed by atoms with E-state index in [1.165, 1.54) is 0 Å². The number of carbonyl (C=O) groups is 1. The molecule has 0 atom stereocenters. The summed E-state index contributed by atoms with van der Waals surface area (Å²) >= 11 is 0. The molecule has 3 N–H and O–H groups in total. The maximum absolute atomic E-state index is 13.3. The van der Waals surface area contributed by atoms with Gasteiger partial charge in [-0.05, 0) is 64.0 Å². The molecule has 34 heavy (non-hydrogen) atoms. The van der Waals surface area contributed by atoms with Crippen molar-refractivity contribution in [3.05, 3.63) is 54.8 Å². The monoisotopic (exact) mass is 458 g/mol. The number of unbranched alkanes of at least 4 members (excludes halogenated alkanes) is 1. The molecule has 1 amide bonds. The van der Waals surface area contributed by atoms with Gasteiger partial charge < -0.3 is 25.2 Å². The number of likely N-dealkylation sites (tertiary alicyclic amines) is 1. The second kappa shape index (κ2) is 8.95. The second-order valence-electron chi connectivity index (χ2n) is 9.07. The third-order valence-corrected chi connectivity index (χ3v) is 6.79.